The summed E-state index contributed by atoms with van der Waals surface area (Å²) < 4.78 is 18.9. The molecule has 2 amide bonds. The summed E-state index contributed by atoms with van der Waals surface area (Å²) in [6.45, 7) is 0.0959. The number of hydrogen-bond acceptors (Lipinski definition) is 3. The fraction of sp³-hybridized carbons (Fsp3) is 0.455. The largest absolute Gasteiger partial charge is 0.467 e. The van der Waals surface area contributed by atoms with E-state index in [2.05, 4.69) is 5.32 Å². The fourth-order valence-corrected chi connectivity index (χ4v) is 3.95. The number of alkyl halides is 1. The summed E-state index contributed by atoms with van der Waals surface area (Å²) in [5.41, 5.74) is 0.530. The highest BCUT2D eigenvalue weighted by Gasteiger charge is 2.33. The maximum atomic E-state index is 13.5. The summed E-state index contributed by atoms with van der Waals surface area (Å²) in [5.74, 6) is -0.813. The van der Waals surface area contributed by atoms with E-state index in [1.807, 2.05) is 0 Å². The zero-order valence-corrected chi connectivity index (χ0v) is 17.0. The Morgan fingerprint density at radius 1 is 1.14 bits per heavy atom. The van der Waals surface area contributed by atoms with Crippen LogP contribution in [0.4, 0.5) is 4.39 Å². The monoisotopic (exact) mass is 420 g/mol. The first-order chi connectivity index (χ1) is 14.1. The highest BCUT2D eigenvalue weighted by molar-refractivity contribution is 6.27. The molecule has 1 aromatic heterocycles. The van der Waals surface area contributed by atoms with E-state index >= 15 is 0 Å². The Hall–Kier alpha value is -2.34. The van der Waals surface area contributed by atoms with Crippen molar-refractivity contribution < 1.29 is 18.4 Å². The Kier molecular flexibility index (Phi) is 7.69. The second-order valence-corrected chi connectivity index (χ2v) is 7.65. The topological polar surface area (TPSA) is 62.6 Å². The summed E-state index contributed by atoms with van der Waals surface area (Å²) in [6.07, 6.45) is 7.84. The number of hydrogen-bond donors (Lipinski definition) is 1. The summed E-state index contributed by atoms with van der Waals surface area (Å²) in [5, 5.41) is 3.11. The van der Waals surface area contributed by atoms with Gasteiger partial charge in [-0.2, -0.15) is 0 Å². The normalized spacial score (nSPS) is 16.1. The number of carbonyl (C=O) groups is 2. The van der Waals surface area contributed by atoms with Crippen LogP contribution in [0.5, 0.6) is 0 Å². The number of furan rings is 1. The Labute approximate surface area is 175 Å². The molecule has 1 saturated carbocycles. The van der Waals surface area contributed by atoms with Crippen molar-refractivity contribution in [2.24, 2.45) is 0 Å². The molecule has 1 aromatic carbocycles. The minimum atomic E-state index is -0.921. The number of halogens is 2. The molecule has 0 aliphatic heterocycles. The van der Waals surface area contributed by atoms with Crippen molar-refractivity contribution in [1.82, 2.24) is 10.2 Å². The summed E-state index contributed by atoms with van der Waals surface area (Å²) in [6, 6.07) is 8.25. The molecule has 3 rings (SSSR count). The minimum absolute atomic E-state index is 0.0736. The first kappa shape index (κ1) is 21.4. The molecule has 0 bridgehead atoms. The molecule has 29 heavy (non-hydrogen) atoms. The lowest BCUT2D eigenvalue weighted by Crippen LogP contribution is -2.46. The predicted molar refractivity (Wildman–Crippen MR) is 109 cm³/mol. The van der Waals surface area contributed by atoms with Crippen molar-refractivity contribution in [2.45, 2.75) is 57.2 Å². The molecule has 1 fully saturated rings. The molecule has 1 aliphatic carbocycles. The lowest BCUT2D eigenvalue weighted by atomic mass is 10.0. The van der Waals surface area contributed by atoms with Crippen molar-refractivity contribution in [3.05, 3.63) is 59.8 Å². The van der Waals surface area contributed by atoms with Crippen molar-refractivity contribution in [3.63, 3.8) is 0 Å². The van der Waals surface area contributed by atoms with Crippen LogP contribution in [0, 0.1) is 5.82 Å². The van der Waals surface area contributed by atoms with E-state index in [9.17, 15) is 14.0 Å². The van der Waals surface area contributed by atoms with Crippen molar-refractivity contribution in [1.29, 1.82) is 0 Å². The third-order valence-electron chi connectivity index (χ3n) is 5.29. The summed E-state index contributed by atoms with van der Waals surface area (Å²) >= 11 is 5.85. The number of nitrogens with one attached hydrogen (secondary N) is 1. The van der Waals surface area contributed by atoms with Crippen molar-refractivity contribution in [2.75, 3.05) is 5.88 Å². The van der Waals surface area contributed by atoms with Gasteiger partial charge in [0.05, 0.1) is 12.8 Å². The maximum Gasteiger partial charge on any atom is 0.247 e. The average molecular weight is 421 g/mol. The van der Waals surface area contributed by atoms with E-state index < -0.39 is 17.8 Å². The van der Waals surface area contributed by atoms with E-state index in [0.29, 0.717) is 11.3 Å². The van der Waals surface area contributed by atoms with Gasteiger partial charge in [-0.15, -0.1) is 11.6 Å². The third-order valence-corrected chi connectivity index (χ3v) is 5.52. The number of rotatable bonds is 7. The van der Waals surface area contributed by atoms with Crippen LogP contribution >= 0.6 is 11.6 Å². The van der Waals surface area contributed by atoms with Crippen LogP contribution in [0.15, 0.2) is 47.1 Å². The average Bonchev–Trinajstić information content (AvgIpc) is 3.11. The molecule has 0 saturated heterocycles. The van der Waals surface area contributed by atoms with Gasteiger partial charge in [0.2, 0.25) is 11.8 Å². The maximum absolute atomic E-state index is 13.5. The first-order valence-corrected chi connectivity index (χ1v) is 10.6. The second kappa shape index (κ2) is 10.4. The molecule has 1 N–H and O–H groups in total. The van der Waals surface area contributed by atoms with Gasteiger partial charge in [-0.25, -0.2) is 4.39 Å². The lowest BCUT2D eigenvalue weighted by molar-refractivity contribution is -0.140. The highest BCUT2D eigenvalue weighted by Crippen LogP contribution is 2.26. The van der Waals surface area contributed by atoms with Crippen LogP contribution in [0.1, 0.15) is 55.9 Å². The molecule has 7 heteroatoms. The molecule has 1 atom stereocenters. The van der Waals surface area contributed by atoms with E-state index in [-0.39, 0.29) is 24.4 Å². The van der Waals surface area contributed by atoms with Gasteiger partial charge in [-0.3, -0.25) is 9.59 Å². The molecule has 1 heterocycles. The van der Waals surface area contributed by atoms with Gasteiger partial charge in [0.1, 0.15) is 23.5 Å². The quantitative estimate of drug-likeness (QED) is 0.527. The zero-order valence-electron chi connectivity index (χ0n) is 16.3. The molecule has 1 aliphatic rings. The van der Waals surface area contributed by atoms with Crippen molar-refractivity contribution >= 4 is 23.4 Å². The van der Waals surface area contributed by atoms with Crippen molar-refractivity contribution in [3.8, 4) is 0 Å². The number of amides is 2. The first-order valence-electron chi connectivity index (χ1n) is 10.0. The molecule has 0 radical (unpaired) electrons. The van der Waals surface area contributed by atoms with Gasteiger partial charge in [0.15, 0.2) is 0 Å². The Morgan fingerprint density at radius 2 is 1.83 bits per heavy atom. The van der Waals surface area contributed by atoms with Gasteiger partial charge in [0, 0.05) is 6.04 Å². The van der Waals surface area contributed by atoms with Crippen LogP contribution in [0.3, 0.4) is 0 Å². The SMILES string of the molecule is O=C(NC1CCCCCC1)C(c1ccc(F)cc1)N(Cc1ccco1)C(=O)CCl. The summed E-state index contributed by atoms with van der Waals surface area (Å²) in [4.78, 5) is 27.4. The second-order valence-electron chi connectivity index (χ2n) is 7.39. The lowest BCUT2D eigenvalue weighted by Gasteiger charge is -2.31. The zero-order chi connectivity index (χ0) is 20.6. The van der Waals surface area contributed by atoms with Crippen LogP contribution in [0.25, 0.3) is 0 Å². The van der Waals surface area contributed by atoms with E-state index in [1.54, 1.807) is 12.1 Å². The van der Waals surface area contributed by atoms with Gasteiger partial charge in [-0.1, -0.05) is 37.8 Å². The van der Waals surface area contributed by atoms with E-state index in [0.717, 1.165) is 25.7 Å². The molecular formula is C22H26ClFN2O3. The standard InChI is InChI=1S/C22H26ClFN2O3/c23-14-20(27)26(15-19-8-5-13-29-19)21(16-9-11-17(24)12-10-16)22(28)25-18-6-3-1-2-4-7-18/h5,8-13,18,21H,1-4,6-7,14-15H2,(H,25,28). The molecule has 0 spiro atoms. The van der Waals surface area contributed by atoms with Gasteiger partial charge < -0.3 is 14.6 Å². The molecule has 156 valence electrons. The third kappa shape index (κ3) is 5.82. The number of benzene rings is 1. The number of carbonyl (C=O) groups excluding carboxylic acids is 2. The van der Waals surface area contributed by atoms with Gasteiger partial charge in [0.25, 0.3) is 0 Å². The number of nitrogens with zero attached hydrogens (tertiary/aromatic N) is 1. The minimum Gasteiger partial charge on any atom is -0.467 e. The summed E-state index contributed by atoms with van der Waals surface area (Å²) in [7, 11) is 0. The van der Waals surface area contributed by atoms with Gasteiger partial charge in [-0.05, 0) is 42.7 Å². The van der Waals surface area contributed by atoms with Crippen LogP contribution in [-0.2, 0) is 16.1 Å². The molecule has 2 aromatic rings. The predicted octanol–water partition coefficient (Wildman–Crippen LogP) is 4.57. The Morgan fingerprint density at radius 3 is 2.41 bits per heavy atom. The van der Waals surface area contributed by atoms with Crippen LogP contribution in [0.2, 0.25) is 0 Å². The van der Waals surface area contributed by atoms with E-state index in [4.69, 9.17) is 16.0 Å². The highest BCUT2D eigenvalue weighted by atomic mass is 35.5. The Balaban J connectivity index is 1.90. The van der Waals surface area contributed by atoms with E-state index in [1.165, 1.54) is 48.3 Å². The molecule has 5 nitrogen and oxygen atoms in total. The van der Waals surface area contributed by atoms with Gasteiger partial charge >= 0.3 is 0 Å². The van der Waals surface area contributed by atoms with Crippen LogP contribution < -0.4 is 5.32 Å². The fourth-order valence-electron chi connectivity index (χ4n) is 3.79. The smallest absolute Gasteiger partial charge is 0.247 e. The molecular weight excluding hydrogens is 395 g/mol. The van der Waals surface area contributed by atoms with Crippen LogP contribution in [-0.4, -0.2) is 28.6 Å². The molecule has 1 unspecified atom stereocenters. The Bertz CT molecular complexity index is 787.